The molecule has 0 amide bonds. The summed E-state index contributed by atoms with van der Waals surface area (Å²) in [7, 11) is 3.12. The minimum absolute atomic E-state index is 0.0762. The van der Waals surface area contributed by atoms with Gasteiger partial charge in [0.2, 0.25) is 5.43 Å². The molecule has 0 N–H and O–H groups in total. The first kappa shape index (κ1) is 15.1. The zero-order valence-electron chi connectivity index (χ0n) is 14.4. The molecule has 0 radical (unpaired) electrons. The van der Waals surface area contributed by atoms with Crippen LogP contribution in [0.4, 0.5) is 0 Å². The van der Waals surface area contributed by atoms with Crippen LogP contribution in [-0.2, 0) is 13.0 Å². The van der Waals surface area contributed by atoms with Crippen molar-refractivity contribution in [1.82, 2.24) is 0 Å². The van der Waals surface area contributed by atoms with Gasteiger partial charge in [0.15, 0.2) is 17.3 Å². The van der Waals surface area contributed by atoms with Gasteiger partial charge in [-0.15, -0.1) is 0 Å². The van der Waals surface area contributed by atoms with Crippen LogP contribution in [0, 0.1) is 0 Å². The second kappa shape index (κ2) is 5.42. The van der Waals surface area contributed by atoms with Gasteiger partial charge in [0.1, 0.15) is 23.7 Å². The van der Waals surface area contributed by atoms with E-state index < -0.39 is 0 Å². The Bertz CT molecular complexity index is 1110. The zero-order valence-corrected chi connectivity index (χ0v) is 14.4. The van der Waals surface area contributed by atoms with Gasteiger partial charge >= 0.3 is 0 Å². The van der Waals surface area contributed by atoms with Gasteiger partial charge in [-0.25, -0.2) is 0 Å². The Morgan fingerprint density at radius 1 is 0.962 bits per heavy atom. The van der Waals surface area contributed by atoms with Crippen molar-refractivity contribution in [3.05, 3.63) is 45.8 Å². The van der Waals surface area contributed by atoms with Crippen molar-refractivity contribution in [3.8, 4) is 34.1 Å². The zero-order chi connectivity index (χ0) is 17.8. The molecule has 6 nitrogen and oxygen atoms in total. The smallest absolute Gasteiger partial charge is 0.201 e. The molecule has 0 atom stereocenters. The highest BCUT2D eigenvalue weighted by molar-refractivity contribution is 5.87. The van der Waals surface area contributed by atoms with Crippen molar-refractivity contribution < 1.29 is 23.4 Å². The van der Waals surface area contributed by atoms with Gasteiger partial charge in [-0.2, -0.15) is 0 Å². The lowest BCUT2D eigenvalue weighted by Crippen LogP contribution is -2.15. The first-order chi connectivity index (χ1) is 12.7. The number of hydrogen-bond donors (Lipinski definition) is 0. The number of benzene rings is 2. The number of methoxy groups -OCH3 is 2. The largest absolute Gasteiger partial charge is 0.493 e. The maximum atomic E-state index is 13.3. The first-order valence-corrected chi connectivity index (χ1v) is 8.34. The van der Waals surface area contributed by atoms with E-state index in [0.717, 1.165) is 17.7 Å². The van der Waals surface area contributed by atoms with Gasteiger partial charge in [0.25, 0.3) is 0 Å². The van der Waals surface area contributed by atoms with Crippen molar-refractivity contribution >= 4 is 11.0 Å². The second-order valence-corrected chi connectivity index (χ2v) is 6.28. The van der Waals surface area contributed by atoms with Crippen molar-refractivity contribution in [2.75, 3.05) is 20.8 Å². The van der Waals surface area contributed by atoms with Gasteiger partial charge in [-0.3, -0.25) is 4.79 Å². The number of ether oxygens (including phenoxy) is 4. The molecule has 3 aromatic rings. The summed E-state index contributed by atoms with van der Waals surface area (Å²) in [5.74, 6) is 2.94. The lowest BCUT2D eigenvalue weighted by molar-refractivity contribution is 0.264. The summed E-state index contributed by atoms with van der Waals surface area (Å²) in [5.41, 5.74) is 2.63. The van der Waals surface area contributed by atoms with Crippen LogP contribution in [0.15, 0.2) is 33.5 Å². The van der Waals surface area contributed by atoms with E-state index in [4.69, 9.17) is 23.4 Å². The fourth-order valence-electron chi connectivity index (χ4n) is 3.61. The molecular weight excluding hydrogens is 336 g/mol. The summed E-state index contributed by atoms with van der Waals surface area (Å²) in [6.45, 7) is 0.809. The molecule has 2 aromatic carbocycles. The van der Waals surface area contributed by atoms with E-state index in [2.05, 4.69) is 0 Å². The monoisotopic (exact) mass is 352 g/mol. The molecule has 0 spiro atoms. The standard InChI is InChI=1S/C20H16O6/c1-22-16-6-11-14(8-17(16)23-2)25-9-18-19(11)20(21)12-5-10-3-4-24-13(10)7-15(12)26-18/h5-8H,3-4,9H2,1-2H3. The van der Waals surface area contributed by atoms with Crippen LogP contribution >= 0.6 is 0 Å². The van der Waals surface area contributed by atoms with E-state index >= 15 is 0 Å². The summed E-state index contributed by atoms with van der Waals surface area (Å²) in [6.07, 6.45) is 0.798. The highest BCUT2D eigenvalue weighted by atomic mass is 16.5. The third kappa shape index (κ3) is 2.02. The van der Waals surface area contributed by atoms with Crippen LogP contribution in [0.3, 0.4) is 0 Å². The number of rotatable bonds is 2. The molecule has 3 heterocycles. The molecule has 2 aliphatic rings. The van der Waals surface area contributed by atoms with Crippen LogP contribution in [0.2, 0.25) is 0 Å². The Labute approximate surface area is 148 Å². The quantitative estimate of drug-likeness (QED) is 0.705. The predicted octanol–water partition coefficient (Wildman–Crippen LogP) is 3.30. The lowest BCUT2D eigenvalue weighted by atomic mass is 9.98. The Morgan fingerprint density at radius 3 is 2.58 bits per heavy atom. The van der Waals surface area contributed by atoms with Gasteiger partial charge in [-0.05, 0) is 17.7 Å². The summed E-state index contributed by atoms with van der Waals surface area (Å²) >= 11 is 0. The molecule has 132 valence electrons. The van der Waals surface area contributed by atoms with E-state index in [9.17, 15) is 4.79 Å². The van der Waals surface area contributed by atoms with Crippen LogP contribution in [-0.4, -0.2) is 20.8 Å². The molecule has 0 bridgehead atoms. The molecule has 0 aliphatic carbocycles. The lowest BCUT2D eigenvalue weighted by Gasteiger charge is -2.21. The fraction of sp³-hybridized carbons (Fsp3) is 0.250. The highest BCUT2D eigenvalue weighted by Crippen LogP contribution is 2.44. The minimum Gasteiger partial charge on any atom is -0.493 e. The predicted molar refractivity (Wildman–Crippen MR) is 94.6 cm³/mol. The molecule has 6 heteroatoms. The van der Waals surface area contributed by atoms with Crippen LogP contribution in [0.1, 0.15) is 11.3 Å². The van der Waals surface area contributed by atoms with Gasteiger partial charge in [0.05, 0.1) is 31.8 Å². The van der Waals surface area contributed by atoms with E-state index in [1.165, 1.54) is 0 Å². The Kier molecular flexibility index (Phi) is 3.16. The van der Waals surface area contributed by atoms with Gasteiger partial charge in [0, 0.05) is 24.1 Å². The molecule has 26 heavy (non-hydrogen) atoms. The highest BCUT2D eigenvalue weighted by Gasteiger charge is 2.27. The molecule has 1 aromatic heterocycles. The maximum Gasteiger partial charge on any atom is 0.201 e. The first-order valence-electron chi connectivity index (χ1n) is 8.34. The summed E-state index contributed by atoms with van der Waals surface area (Å²) in [4.78, 5) is 13.3. The summed E-state index contributed by atoms with van der Waals surface area (Å²) in [6, 6.07) is 7.16. The Hall–Kier alpha value is -3.15. The molecule has 0 saturated heterocycles. The summed E-state index contributed by atoms with van der Waals surface area (Å²) < 4.78 is 28.1. The number of fused-ring (bicyclic) bond motifs is 5. The normalized spacial score (nSPS) is 14.1. The van der Waals surface area contributed by atoms with Gasteiger partial charge in [-0.1, -0.05) is 0 Å². The fourth-order valence-corrected chi connectivity index (χ4v) is 3.61. The van der Waals surface area contributed by atoms with Crippen molar-refractivity contribution in [2.45, 2.75) is 13.0 Å². The molecule has 2 aliphatic heterocycles. The van der Waals surface area contributed by atoms with Crippen LogP contribution in [0.5, 0.6) is 23.0 Å². The molecule has 0 fully saturated rings. The SMILES string of the molecule is COc1cc2c(cc1OC)-c1c(oc3cc4c(cc3c1=O)CCO4)CO2. The van der Waals surface area contributed by atoms with Crippen molar-refractivity contribution in [1.29, 1.82) is 0 Å². The minimum atomic E-state index is -0.0762. The Balaban J connectivity index is 1.81. The van der Waals surface area contributed by atoms with E-state index in [0.29, 0.717) is 51.7 Å². The average molecular weight is 352 g/mol. The average Bonchev–Trinajstić information content (AvgIpc) is 3.12. The molecule has 5 rings (SSSR count). The van der Waals surface area contributed by atoms with E-state index in [-0.39, 0.29) is 12.0 Å². The third-order valence-electron chi connectivity index (χ3n) is 4.89. The van der Waals surface area contributed by atoms with Crippen molar-refractivity contribution in [3.63, 3.8) is 0 Å². The summed E-state index contributed by atoms with van der Waals surface area (Å²) in [5, 5.41) is 0.552. The van der Waals surface area contributed by atoms with E-state index in [1.807, 2.05) is 6.07 Å². The third-order valence-corrected chi connectivity index (χ3v) is 4.89. The molecular formula is C20H16O6. The second-order valence-electron chi connectivity index (χ2n) is 6.28. The molecule has 0 unspecified atom stereocenters. The van der Waals surface area contributed by atoms with Gasteiger partial charge < -0.3 is 23.4 Å². The van der Waals surface area contributed by atoms with Crippen LogP contribution in [0.25, 0.3) is 22.1 Å². The maximum absolute atomic E-state index is 13.3. The van der Waals surface area contributed by atoms with Crippen LogP contribution < -0.4 is 24.4 Å². The Morgan fingerprint density at radius 2 is 1.77 bits per heavy atom. The van der Waals surface area contributed by atoms with Crippen molar-refractivity contribution in [2.24, 2.45) is 0 Å². The molecule has 0 saturated carbocycles. The number of hydrogen-bond acceptors (Lipinski definition) is 6. The van der Waals surface area contributed by atoms with E-state index in [1.54, 1.807) is 32.4 Å². The topological polar surface area (TPSA) is 67.1 Å².